The Morgan fingerprint density at radius 1 is 0.354 bits per heavy atom. The van der Waals surface area contributed by atoms with Crippen molar-refractivity contribution in [2.24, 2.45) is 0 Å². The Morgan fingerprint density at radius 2 is 0.772 bits per heavy atom. The van der Waals surface area contributed by atoms with Gasteiger partial charge in [-0.3, -0.25) is 0 Å². The van der Waals surface area contributed by atoms with E-state index in [2.05, 4.69) is 306 Å². The monoisotopic (exact) mass is 1020 g/mol. The number of hydrogen-bond acceptors (Lipinski definition) is 2. The van der Waals surface area contributed by atoms with Crippen molar-refractivity contribution in [3.05, 3.63) is 288 Å². The maximum absolute atomic E-state index is 2.72. The highest BCUT2D eigenvalue weighted by atomic mass is 15.2. The number of rotatable bonds is 14. The van der Waals surface area contributed by atoms with E-state index in [1.807, 2.05) is 0 Å². The first-order chi connectivity index (χ1) is 38.6. The topological polar surface area (TPSA) is 6.48 Å². The maximum Gasteiger partial charge on any atom is 0.0627 e. The van der Waals surface area contributed by atoms with Crippen LogP contribution in [-0.4, -0.2) is 0 Å². The van der Waals surface area contributed by atoms with Gasteiger partial charge >= 0.3 is 0 Å². The summed E-state index contributed by atoms with van der Waals surface area (Å²) in [6.07, 6.45) is 1.83. The smallest absolute Gasteiger partial charge is 0.0627 e. The van der Waals surface area contributed by atoms with Gasteiger partial charge < -0.3 is 9.80 Å². The van der Waals surface area contributed by atoms with Gasteiger partial charge in [0.05, 0.1) is 11.1 Å². The van der Waals surface area contributed by atoms with Gasteiger partial charge in [0.2, 0.25) is 0 Å². The van der Waals surface area contributed by atoms with E-state index in [1.165, 1.54) is 121 Å². The quantitative estimate of drug-likeness (QED) is 0.100. The molecule has 0 spiro atoms. The molecule has 2 unspecified atom stereocenters. The Morgan fingerprint density at radius 3 is 1.30 bits per heavy atom. The van der Waals surface area contributed by atoms with Crippen molar-refractivity contribution in [1.82, 2.24) is 0 Å². The summed E-state index contributed by atoms with van der Waals surface area (Å²) in [4.78, 5) is 5.42. The fourth-order valence-corrected chi connectivity index (χ4v) is 13.4. The van der Waals surface area contributed by atoms with Gasteiger partial charge in [0.25, 0.3) is 0 Å². The van der Waals surface area contributed by atoms with Crippen molar-refractivity contribution < 1.29 is 0 Å². The normalized spacial score (nSPS) is 14.2. The van der Waals surface area contributed by atoms with Crippen molar-refractivity contribution in [3.63, 3.8) is 0 Å². The van der Waals surface area contributed by atoms with Crippen LogP contribution in [0, 0.1) is 0 Å². The van der Waals surface area contributed by atoms with Crippen LogP contribution < -0.4 is 9.80 Å². The first-order valence-corrected chi connectivity index (χ1v) is 28.5. The average molecular weight is 1020 g/mol. The summed E-state index contributed by atoms with van der Waals surface area (Å²) >= 11 is 0. The Labute approximate surface area is 467 Å². The zero-order valence-electron chi connectivity index (χ0n) is 46.5. The third-order valence-electron chi connectivity index (χ3n) is 18.4. The Kier molecular flexibility index (Phi) is 12.6. The lowest BCUT2D eigenvalue weighted by Crippen LogP contribution is -2.43. The molecule has 79 heavy (non-hydrogen) atoms. The molecule has 386 valence electrons. The largest absolute Gasteiger partial charge is 0.358 e. The molecule has 1 aliphatic rings. The third-order valence-corrected chi connectivity index (χ3v) is 18.4. The molecule has 0 aromatic heterocycles. The molecule has 0 N–H and O–H groups in total. The van der Waals surface area contributed by atoms with Gasteiger partial charge in [-0.25, -0.2) is 0 Å². The Balaban J connectivity index is 0.909. The fraction of sp³-hybridized carbons (Fsp3) is 0.169. The molecule has 0 heterocycles. The first kappa shape index (κ1) is 49.8. The van der Waals surface area contributed by atoms with Gasteiger partial charge in [0.1, 0.15) is 0 Å². The number of anilines is 2. The van der Waals surface area contributed by atoms with E-state index in [9.17, 15) is 0 Å². The minimum Gasteiger partial charge on any atom is -0.358 e. The van der Waals surface area contributed by atoms with Crippen LogP contribution in [0.25, 0.3) is 76.5 Å². The second-order valence-electron chi connectivity index (χ2n) is 23.0. The molecule has 2 nitrogen and oxygen atoms in total. The molecule has 2 atom stereocenters. The molecule has 0 amide bonds. The zero-order chi connectivity index (χ0) is 53.9. The predicted molar refractivity (Wildman–Crippen MR) is 338 cm³/mol. The molecule has 13 rings (SSSR count). The molecule has 0 bridgehead atoms. The highest BCUT2D eigenvalue weighted by Crippen LogP contribution is 2.53. The molecule has 0 fully saturated rings. The molecule has 0 aliphatic heterocycles. The number of fused-ring (bicyclic) bond motifs is 9. The number of hydrogen-bond donors (Lipinski definition) is 0. The van der Waals surface area contributed by atoms with Crippen LogP contribution >= 0.6 is 0 Å². The van der Waals surface area contributed by atoms with Gasteiger partial charge in [-0.1, -0.05) is 258 Å². The molecule has 0 saturated heterocycles. The van der Waals surface area contributed by atoms with Crippen LogP contribution in [0.15, 0.2) is 255 Å². The molecular weight excluding hydrogens is 953 g/mol. The molecular formula is C77H68N2. The average Bonchev–Trinajstić information content (AvgIpc) is 4.05. The van der Waals surface area contributed by atoms with Crippen molar-refractivity contribution in [2.45, 2.75) is 84.0 Å². The summed E-state index contributed by atoms with van der Waals surface area (Å²) in [6, 6.07) is 95.6. The molecule has 1 aliphatic carbocycles. The van der Waals surface area contributed by atoms with E-state index in [0.717, 1.165) is 25.9 Å². The SMILES string of the molecule is CCC(C)(c1ccc2c(c1)C(C)(C)c1cc(C(C)(CC)N(Cc3ccc(-c4ccccc4)cc3)c3cc4ccccc4c4ccccc34)ccc1-2)N(Cc1cc2ccccc2c2ccccc12)c1ccc(-c2ccccc2)cc1. The van der Waals surface area contributed by atoms with Crippen LogP contribution in [0.5, 0.6) is 0 Å². The molecule has 0 saturated carbocycles. The van der Waals surface area contributed by atoms with E-state index in [1.54, 1.807) is 0 Å². The van der Waals surface area contributed by atoms with E-state index in [4.69, 9.17) is 0 Å². The van der Waals surface area contributed by atoms with E-state index >= 15 is 0 Å². The van der Waals surface area contributed by atoms with E-state index in [-0.39, 0.29) is 16.5 Å². The second kappa shape index (κ2) is 19.9. The summed E-state index contributed by atoms with van der Waals surface area (Å²) < 4.78 is 0. The van der Waals surface area contributed by atoms with Crippen LogP contribution in [0.2, 0.25) is 0 Å². The predicted octanol–water partition coefficient (Wildman–Crippen LogP) is 20.6. The Bertz CT molecular complexity index is 4210. The summed E-state index contributed by atoms with van der Waals surface area (Å²) in [5, 5.41) is 10.3. The van der Waals surface area contributed by atoms with Crippen molar-refractivity contribution in [2.75, 3.05) is 9.80 Å². The molecule has 12 aromatic rings. The van der Waals surface area contributed by atoms with E-state index in [0.29, 0.717) is 0 Å². The zero-order valence-corrected chi connectivity index (χ0v) is 46.5. The summed E-state index contributed by atoms with van der Waals surface area (Å²) in [7, 11) is 0. The van der Waals surface area contributed by atoms with Crippen LogP contribution in [0.1, 0.15) is 87.8 Å². The van der Waals surface area contributed by atoms with Gasteiger partial charge in [0, 0.05) is 35.3 Å². The minimum absolute atomic E-state index is 0.259. The number of nitrogens with zero attached hydrogens (tertiary/aromatic N) is 2. The van der Waals surface area contributed by atoms with Gasteiger partial charge in [-0.05, 0) is 155 Å². The van der Waals surface area contributed by atoms with Crippen LogP contribution in [-0.2, 0) is 29.6 Å². The van der Waals surface area contributed by atoms with Gasteiger partial charge in [-0.15, -0.1) is 0 Å². The highest BCUT2D eigenvalue weighted by Gasteiger charge is 2.42. The van der Waals surface area contributed by atoms with Crippen LogP contribution in [0.4, 0.5) is 11.4 Å². The minimum atomic E-state index is -0.376. The standard InChI is InChI=1S/C77H68N2/c1-7-76(5,78(63-43-39-57(40-44-63)55-25-13-10-14-26-55)52-60-47-58-27-15-17-29-64(58)67-32-20-19-31-66(60)67)61-41-45-69-70-46-42-62(50-73(70)75(3,4)72(69)49-61)77(6,8-2)79(51-53-35-37-56(38-36-53)54-23-11-9-12-24-54)74-48-59-28-16-18-30-65(59)68-33-21-22-34-71(68)74/h9-50H,7-8,51-52H2,1-6H3. The first-order valence-electron chi connectivity index (χ1n) is 28.5. The summed E-state index contributed by atoms with van der Waals surface area (Å²) in [5.41, 5.74) is 17.1. The van der Waals surface area contributed by atoms with Gasteiger partial charge in [-0.2, -0.15) is 0 Å². The highest BCUT2D eigenvalue weighted by molar-refractivity contribution is 6.13. The lowest BCUT2D eigenvalue weighted by molar-refractivity contribution is 0.418. The summed E-state index contributed by atoms with van der Waals surface area (Å²) in [6.45, 7) is 16.1. The molecule has 12 aromatic carbocycles. The van der Waals surface area contributed by atoms with E-state index < -0.39 is 0 Å². The molecule has 2 heteroatoms. The van der Waals surface area contributed by atoms with Crippen molar-refractivity contribution in [3.8, 4) is 33.4 Å². The lowest BCUT2D eigenvalue weighted by Gasteiger charge is -2.44. The maximum atomic E-state index is 2.72. The van der Waals surface area contributed by atoms with Crippen LogP contribution in [0.3, 0.4) is 0 Å². The molecule has 0 radical (unpaired) electrons. The second-order valence-corrected chi connectivity index (χ2v) is 23.0. The third kappa shape index (κ3) is 8.57. The van der Waals surface area contributed by atoms with Crippen molar-refractivity contribution in [1.29, 1.82) is 0 Å². The summed E-state index contributed by atoms with van der Waals surface area (Å²) in [5.74, 6) is 0. The lowest BCUT2D eigenvalue weighted by atomic mass is 9.77. The van der Waals surface area contributed by atoms with Gasteiger partial charge in [0.15, 0.2) is 0 Å². The Hall–Kier alpha value is -8.72. The fourth-order valence-electron chi connectivity index (χ4n) is 13.4. The number of benzene rings is 12. The van der Waals surface area contributed by atoms with Crippen molar-refractivity contribution >= 4 is 54.5 Å².